The smallest absolute Gasteiger partial charge is 0.241 e. The van der Waals surface area contributed by atoms with Crippen molar-refractivity contribution in [2.75, 3.05) is 21.3 Å². The Labute approximate surface area is 134 Å². The molecule has 0 saturated heterocycles. The number of sulfonamides is 1. The van der Waals surface area contributed by atoms with Crippen LogP contribution >= 0.6 is 0 Å². The molecule has 0 aliphatic carbocycles. The van der Waals surface area contributed by atoms with Gasteiger partial charge < -0.3 is 14.2 Å². The van der Waals surface area contributed by atoms with E-state index in [2.05, 4.69) is 11.6 Å². The molecule has 1 heterocycles. The summed E-state index contributed by atoms with van der Waals surface area (Å²) >= 11 is 0. The van der Waals surface area contributed by atoms with E-state index in [0.717, 1.165) is 0 Å². The third-order valence-corrected chi connectivity index (χ3v) is 4.03. The van der Waals surface area contributed by atoms with Crippen LogP contribution in [0.5, 0.6) is 17.2 Å². The summed E-state index contributed by atoms with van der Waals surface area (Å²) in [5.74, 6) is 1.40. The van der Waals surface area contributed by atoms with Gasteiger partial charge in [0.2, 0.25) is 10.0 Å². The lowest BCUT2D eigenvalue weighted by Gasteiger charge is -2.17. The molecule has 2 aromatic rings. The number of rotatable bonds is 6. The van der Waals surface area contributed by atoms with Crippen LogP contribution in [-0.4, -0.2) is 39.3 Å². The highest BCUT2D eigenvalue weighted by Gasteiger charge is 2.22. The Hall–Kier alpha value is -2.52. The van der Waals surface area contributed by atoms with Crippen LogP contribution in [0, 0.1) is 0 Å². The third-order valence-electron chi connectivity index (χ3n) is 3.16. The van der Waals surface area contributed by atoms with Gasteiger partial charge in [0, 0.05) is 24.5 Å². The minimum absolute atomic E-state index is 0.0641. The van der Waals surface area contributed by atoms with Gasteiger partial charge in [0.25, 0.3) is 0 Å². The first-order chi connectivity index (χ1) is 10.8. The predicted molar refractivity (Wildman–Crippen MR) is 85.4 cm³/mol. The molecule has 8 nitrogen and oxygen atoms in total. The monoisotopic (exact) mass is 339 g/mol. The minimum atomic E-state index is -3.99. The van der Waals surface area contributed by atoms with E-state index in [9.17, 15) is 8.42 Å². The van der Waals surface area contributed by atoms with Gasteiger partial charge in [0.05, 0.1) is 21.3 Å². The highest BCUT2D eigenvalue weighted by molar-refractivity contribution is 7.98. The van der Waals surface area contributed by atoms with Crippen molar-refractivity contribution < 1.29 is 22.6 Å². The number of hydrogen-bond donors (Lipinski definition) is 1. The molecule has 0 unspecified atom stereocenters. The average Bonchev–Trinajstić information content (AvgIpc) is 3.00. The van der Waals surface area contributed by atoms with E-state index in [0.29, 0.717) is 22.9 Å². The van der Waals surface area contributed by atoms with Crippen LogP contribution in [-0.2, 0) is 10.0 Å². The van der Waals surface area contributed by atoms with E-state index in [1.807, 2.05) is 0 Å². The van der Waals surface area contributed by atoms with Crippen LogP contribution in [0.25, 0.3) is 10.6 Å². The van der Waals surface area contributed by atoms with Crippen LogP contribution in [0.2, 0.25) is 0 Å². The second-order valence-electron chi connectivity index (χ2n) is 4.47. The Morgan fingerprint density at radius 3 is 2.17 bits per heavy atom. The van der Waals surface area contributed by atoms with Gasteiger partial charge in [-0.1, -0.05) is 6.58 Å². The van der Waals surface area contributed by atoms with E-state index in [4.69, 9.17) is 19.3 Å². The molecule has 0 saturated carbocycles. The Kier molecular flexibility index (Phi) is 4.62. The fraction of sp³-hybridized carbons (Fsp3) is 0.214. The van der Waals surface area contributed by atoms with Crippen molar-refractivity contribution in [3.05, 3.63) is 36.9 Å². The van der Waals surface area contributed by atoms with E-state index >= 15 is 0 Å². The van der Waals surface area contributed by atoms with Gasteiger partial charge >= 0.3 is 0 Å². The topological polar surface area (TPSA) is 106 Å². The van der Waals surface area contributed by atoms with Gasteiger partial charge in [-0.3, -0.25) is 4.57 Å². The van der Waals surface area contributed by atoms with E-state index in [1.54, 1.807) is 18.3 Å². The molecule has 0 bridgehead atoms. The van der Waals surface area contributed by atoms with Crippen LogP contribution in [0.1, 0.15) is 5.82 Å². The first kappa shape index (κ1) is 16.8. The molecule has 0 spiro atoms. The quantitative estimate of drug-likeness (QED) is 0.846. The maximum absolute atomic E-state index is 11.6. The van der Waals surface area contributed by atoms with Gasteiger partial charge in [-0.05, 0) is 0 Å². The molecule has 2 N–H and O–H groups in total. The molecule has 1 aromatic heterocycles. The zero-order valence-corrected chi connectivity index (χ0v) is 13.8. The number of primary sulfonamides is 1. The van der Waals surface area contributed by atoms with Crippen LogP contribution in [0.3, 0.4) is 0 Å². The van der Waals surface area contributed by atoms with Crippen molar-refractivity contribution in [2.24, 2.45) is 5.14 Å². The molecule has 0 radical (unpaired) electrons. The molecular formula is C14H17N3O5S. The first-order valence-electron chi connectivity index (χ1n) is 6.39. The number of benzene rings is 1. The molecule has 0 fully saturated rings. The fourth-order valence-corrected chi connectivity index (χ4v) is 2.45. The molecule has 124 valence electrons. The number of imidazole rings is 1. The van der Waals surface area contributed by atoms with E-state index < -0.39 is 10.0 Å². The van der Waals surface area contributed by atoms with Crippen LogP contribution < -0.4 is 19.3 Å². The van der Waals surface area contributed by atoms with Gasteiger partial charge in [-0.15, -0.1) is 0 Å². The molecule has 2 rings (SSSR count). The number of nitrogens with two attached hydrogens (primary N) is 1. The second kappa shape index (κ2) is 6.31. The molecule has 1 aromatic carbocycles. The summed E-state index contributed by atoms with van der Waals surface area (Å²) in [6.45, 7) is 3.50. The van der Waals surface area contributed by atoms with Crippen molar-refractivity contribution in [3.63, 3.8) is 0 Å². The minimum Gasteiger partial charge on any atom is -0.496 e. The lowest BCUT2D eigenvalue weighted by molar-refractivity contribution is 0.373. The molecule has 0 aliphatic rings. The third kappa shape index (κ3) is 3.15. The zero-order chi connectivity index (χ0) is 17.2. The molecule has 0 atom stereocenters. The summed E-state index contributed by atoms with van der Waals surface area (Å²) in [5.41, 5.74) is 0.452. The average molecular weight is 339 g/mol. The van der Waals surface area contributed by atoms with E-state index in [1.165, 1.54) is 32.1 Å². The second-order valence-corrected chi connectivity index (χ2v) is 6.05. The highest BCUT2D eigenvalue weighted by atomic mass is 32.2. The number of aromatic nitrogens is 2. The van der Waals surface area contributed by atoms with Gasteiger partial charge in [-0.25, -0.2) is 18.5 Å². The van der Waals surface area contributed by atoms with Gasteiger partial charge in [0.15, 0.2) is 5.82 Å². The first-order valence-corrected chi connectivity index (χ1v) is 7.94. The Morgan fingerprint density at radius 1 is 1.17 bits per heavy atom. The molecule has 23 heavy (non-hydrogen) atoms. The van der Waals surface area contributed by atoms with Gasteiger partial charge in [0.1, 0.15) is 27.8 Å². The lowest BCUT2D eigenvalue weighted by Crippen LogP contribution is -2.16. The van der Waals surface area contributed by atoms with Gasteiger partial charge in [-0.2, -0.15) is 0 Å². The summed E-state index contributed by atoms with van der Waals surface area (Å²) < 4.78 is 40.5. The summed E-state index contributed by atoms with van der Waals surface area (Å²) in [6.07, 6.45) is 2.98. The Balaban J connectivity index is 2.73. The summed E-state index contributed by atoms with van der Waals surface area (Å²) in [6, 6.07) is 3.28. The zero-order valence-electron chi connectivity index (χ0n) is 12.9. The summed E-state index contributed by atoms with van der Waals surface area (Å²) in [7, 11) is 0.471. The number of ether oxygens (including phenoxy) is 3. The maximum atomic E-state index is 11.6. The highest BCUT2D eigenvalue weighted by Crippen LogP contribution is 2.38. The number of nitrogens with zero attached hydrogens (tertiary/aromatic N) is 2. The molecule has 0 aliphatic heterocycles. The normalized spacial score (nSPS) is 11.1. The van der Waals surface area contributed by atoms with Crippen molar-refractivity contribution in [3.8, 4) is 22.9 Å². The van der Waals surface area contributed by atoms with Crippen molar-refractivity contribution in [2.45, 2.75) is 0 Å². The predicted octanol–water partition coefficient (Wildman–Crippen LogP) is 1.16. The van der Waals surface area contributed by atoms with E-state index in [-0.39, 0.29) is 10.7 Å². The molecule has 0 amide bonds. The molecular weight excluding hydrogens is 322 g/mol. The fourth-order valence-electron chi connectivity index (χ4n) is 2.04. The molecule has 9 heteroatoms. The number of methoxy groups -OCH3 is 3. The largest absolute Gasteiger partial charge is 0.496 e. The lowest BCUT2D eigenvalue weighted by atomic mass is 10.2. The Bertz CT molecular complexity index is 817. The SMILES string of the molecule is C=C(c1nccn1-c1c(OC)cc(OC)cc1OC)S(N)(=O)=O. The standard InChI is InChI=1S/C14H17N3O5S/c1-9(23(15,18)19)14-16-5-6-17(14)13-11(21-3)7-10(20-2)8-12(13)22-4/h5-8H,1H2,2-4H3,(H2,15,18,19). The Morgan fingerprint density at radius 2 is 1.74 bits per heavy atom. The van der Waals surface area contributed by atoms with Crippen molar-refractivity contribution in [1.82, 2.24) is 9.55 Å². The van der Waals surface area contributed by atoms with Crippen LogP contribution in [0.4, 0.5) is 0 Å². The van der Waals surface area contributed by atoms with Crippen LogP contribution in [0.15, 0.2) is 31.1 Å². The van der Waals surface area contributed by atoms with Crippen molar-refractivity contribution in [1.29, 1.82) is 0 Å². The maximum Gasteiger partial charge on any atom is 0.241 e. The number of hydrogen-bond acceptors (Lipinski definition) is 6. The summed E-state index contributed by atoms with van der Waals surface area (Å²) in [4.78, 5) is 3.70. The van der Waals surface area contributed by atoms with Crippen molar-refractivity contribution >= 4 is 14.9 Å². The summed E-state index contributed by atoms with van der Waals surface area (Å²) in [5, 5.41) is 5.14.